The predicted molar refractivity (Wildman–Crippen MR) is 129 cm³/mol. The third-order valence-corrected chi connectivity index (χ3v) is 4.91. The summed E-state index contributed by atoms with van der Waals surface area (Å²) < 4.78 is 10.8. The lowest BCUT2D eigenvalue weighted by Crippen LogP contribution is -2.28. The van der Waals surface area contributed by atoms with Crippen molar-refractivity contribution in [2.24, 2.45) is 10.2 Å². The number of rotatable bonds is 4. The van der Waals surface area contributed by atoms with Gasteiger partial charge in [0.2, 0.25) is 16.0 Å². The van der Waals surface area contributed by atoms with Gasteiger partial charge in [-0.05, 0) is 48.6 Å². The quantitative estimate of drug-likeness (QED) is 0.254. The number of nitrogens with one attached hydrogen (secondary N) is 2. The number of hydrogen-bond donors (Lipinski definition) is 2. The summed E-state index contributed by atoms with van der Waals surface area (Å²) in [4.78, 5) is 25.0. The van der Waals surface area contributed by atoms with Crippen molar-refractivity contribution in [1.82, 2.24) is 10.9 Å². The molecule has 2 N–H and O–H groups in total. The fraction of sp³-hybridized carbons (Fsp3) is 0. The molecule has 4 aromatic rings. The van der Waals surface area contributed by atoms with Gasteiger partial charge in [0, 0.05) is 10.0 Å². The van der Waals surface area contributed by atoms with E-state index in [4.69, 9.17) is 44.3 Å². The Bertz CT molecular complexity index is 1420. The van der Waals surface area contributed by atoms with E-state index >= 15 is 0 Å². The molecule has 2 heterocycles. The van der Waals surface area contributed by atoms with E-state index in [1.807, 2.05) is 0 Å². The van der Waals surface area contributed by atoms with Gasteiger partial charge in [-0.25, -0.2) is 0 Å². The van der Waals surface area contributed by atoms with Gasteiger partial charge < -0.3 is 8.83 Å². The van der Waals surface area contributed by atoms with Crippen molar-refractivity contribution in [3.8, 4) is 0 Å². The zero-order chi connectivity index (χ0) is 22.7. The molecule has 2 aromatic heterocycles. The minimum absolute atomic E-state index is 0.0268. The number of nitrogens with zero attached hydrogens (tertiary/aromatic N) is 2. The molecule has 0 unspecified atom stereocenters. The molecule has 0 saturated carbocycles. The van der Waals surface area contributed by atoms with Gasteiger partial charge in [0.1, 0.15) is 23.7 Å². The predicted octanol–water partition coefficient (Wildman–Crippen LogP) is 4.04. The molecule has 0 aliphatic carbocycles. The van der Waals surface area contributed by atoms with Crippen LogP contribution in [-0.4, -0.2) is 17.5 Å². The van der Waals surface area contributed by atoms with Gasteiger partial charge in [-0.1, -0.05) is 23.2 Å². The highest BCUT2D eigenvalue weighted by Crippen LogP contribution is 2.17. The lowest BCUT2D eigenvalue weighted by atomic mass is 10.2. The van der Waals surface area contributed by atoms with Crippen molar-refractivity contribution < 1.29 is 8.83 Å². The monoisotopic (exact) mass is 486 g/mol. The molecule has 11 heteroatoms. The molecule has 0 radical (unpaired) electrons. The molecule has 0 fully saturated rings. The summed E-state index contributed by atoms with van der Waals surface area (Å²) in [6.45, 7) is 0. The number of hydrazone groups is 2. The SMILES string of the molecule is O=c1c(/C=N/NC(=S)N/N=C/c2coc3ccc(Cl)cc3c2=O)coc2ccc(Cl)cc12. The number of hydrogen-bond acceptors (Lipinski definition) is 7. The van der Waals surface area contributed by atoms with Gasteiger partial charge in [0.15, 0.2) is 0 Å². The average molecular weight is 487 g/mol. The first kappa shape index (κ1) is 21.7. The summed E-state index contributed by atoms with van der Waals surface area (Å²) in [6, 6.07) is 9.52. The van der Waals surface area contributed by atoms with Gasteiger partial charge in [-0.15, -0.1) is 0 Å². The lowest BCUT2D eigenvalue weighted by molar-refractivity contribution is 0.601. The average Bonchev–Trinajstić information content (AvgIpc) is 2.77. The maximum atomic E-state index is 12.5. The van der Waals surface area contributed by atoms with Crippen LogP contribution in [0.3, 0.4) is 0 Å². The van der Waals surface area contributed by atoms with Crippen molar-refractivity contribution in [3.63, 3.8) is 0 Å². The zero-order valence-electron chi connectivity index (χ0n) is 16.0. The molecular formula is C21H12Cl2N4O4S. The van der Waals surface area contributed by atoms with E-state index in [2.05, 4.69) is 21.1 Å². The van der Waals surface area contributed by atoms with Crippen LogP contribution < -0.4 is 21.7 Å². The molecule has 160 valence electrons. The van der Waals surface area contributed by atoms with E-state index in [9.17, 15) is 9.59 Å². The molecule has 0 saturated heterocycles. The minimum Gasteiger partial charge on any atom is -0.463 e. The second-order valence-electron chi connectivity index (χ2n) is 6.39. The van der Waals surface area contributed by atoms with Crippen LogP contribution in [0.15, 0.2) is 77.6 Å². The normalized spacial score (nSPS) is 11.6. The summed E-state index contributed by atoms with van der Waals surface area (Å²) >= 11 is 16.9. The summed E-state index contributed by atoms with van der Waals surface area (Å²) in [6.07, 6.45) is 5.07. The first-order valence-corrected chi connectivity index (χ1v) is 10.1. The summed E-state index contributed by atoms with van der Waals surface area (Å²) in [5, 5.41) is 9.31. The molecule has 8 nitrogen and oxygen atoms in total. The van der Waals surface area contributed by atoms with Crippen LogP contribution in [0.25, 0.3) is 21.9 Å². The first-order chi connectivity index (χ1) is 15.4. The van der Waals surface area contributed by atoms with Gasteiger partial charge in [-0.3, -0.25) is 20.4 Å². The smallest absolute Gasteiger partial charge is 0.207 e. The van der Waals surface area contributed by atoms with Gasteiger partial charge in [0.25, 0.3) is 0 Å². The second-order valence-corrected chi connectivity index (χ2v) is 7.67. The number of halogens is 2. The molecule has 0 spiro atoms. The molecule has 32 heavy (non-hydrogen) atoms. The second kappa shape index (κ2) is 9.31. The standard InChI is InChI=1S/C21H12Cl2N4O4S/c22-13-1-3-17-15(5-13)19(28)11(9-30-17)7-24-26-21(32)27-25-8-12-10-31-18-4-2-14(23)6-16(18)20(12)29/h1-10H,(H2,26,27,32)/b24-7+,25-8+. The molecule has 2 aromatic carbocycles. The van der Waals surface area contributed by atoms with E-state index in [-0.39, 0.29) is 27.1 Å². The van der Waals surface area contributed by atoms with Crippen molar-refractivity contribution in [2.45, 2.75) is 0 Å². The van der Waals surface area contributed by atoms with Gasteiger partial charge >= 0.3 is 0 Å². The number of thiocarbonyl (C=S) groups is 1. The number of benzene rings is 2. The third-order valence-electron chi connectivity index (χ3n) is 4.26. The highest BCUT2D eigenvalue weighted by atomic mass is 35.5. The Kier molecular flexibility index (Phi) is 6.31. The Morgan fingerprint density at radius 1 is 0.812 bits per heavy atom. The van der Waals surface area contributed by atoms with E-state index < -0.39 is 0 Å². The fourth-order valence-electron chi connectivity index (χ4n) is 2.76. The summed E-state index contributed by atoms with van der Waals surface area (Å²) in [5.74, 6) is 0. The Hall–Kier alpha value is -3.53. The Morgan fingerprint density at radius 2 is 1.25 bits per heavy atom. The molecule has 0 atom stereocenters. The van der Waals surface area contributed by atoms with Gasteiger partial charge in [0.05, 0.1) is 34.3 Å². The highest BCUT2D eigenvalue weighted by Gasteiger charge is 2.07. The zero-order valence-corrected chi connectivity index (χ0v) is 18.3. The maximum absolute atomic E-state index is 12.5. The lowest BCUT2D eigenvalue weighted by Gasteiger charge is -2.02. The van der Waals surface area contributed by atoms with Crippen LogP contribution in [-0.2, 0) is 0 Å². The van der Waals surface area contributed by atoms with Crippen molar-refractivity contribution in [3.05, 3.63) is 90.5 Å². The van der Waals surface area contributed by atoms with E-state index in [0.717, 1.165) is 0 Å². The van der Waals surface area contributed by atoms with Gasteiger partial charge in [-0.2, -0.15) is 10.2 Å². The molecular weight excluding hydrogens is 475 g/mol. The Morgan fingerprint density at radius 3 is 1.69 bits per heavy atom. The Balaban J connectivity index is 1.42. The van der Waals surface area contributed by atoms with Crippen LogP contribution in [0, 0.1) is 0 Å². The molecule has 0 amide bonds. The van der Waals surface area contributed by atoms with Crippen molar-refractivity contribution in [2.75, 3.05) is 0 Å². The minimum atomic E-state index is -0.292. The summed E-state index contributed by atoms with van der Waals surface area (Å²) in [7, 11) is 0. The maximum Gasteiger partial charge on any atom is 0.207 e. The third kappa shape index (κ3) is 4.70. The largest absolute Gasteiger partial charge is 0.463 e. The highest BCUT2D eigenvalue weighted by molar-refractivity contribution is 7.80. The van der Waals surface area contributed by atoms with Crippen LogP contribution in [0.4, 0.5) is 0 Å². The molecule has 0 bridgehead atoms. The van der Waals surface area contributed by atoms with E-state index in [1.54, 1.807) is 24.3 Å². The van der Waals surface area contributed by atoms with Crippen molar-refractivity contribution >= 4 is 74.9 Å². The fourth-order valence-corrected chi connectivity index (χ4v) is 3.21. The molecule has 0 aliphatic rings. The molecule has 4 rings (SSSR count). The summed E-state index contributed by atoms with van der Waals surface area (Å²) in [5.41, 5.74) is 5.65. The van der Waals surface area contributed by atoms with Crippen LogP contribution >= 0.6 is 35.4 Å². The number of fused-ring (bicyclic) bond motifs is 2. The Labute approximate surface area is 195 Å². The van der Waals surface area contributed by atoms with Crippen LogP contribution in [0.2, 0.25) is 10.0 Å². The van der Waals surface area contributed by atoms with E-state index in [0.29, 0.717) is 32.0 Å². The van der Waals surface area contributed by atoms with Crippen molar-refractivity contribution in [1.29, 1.82) is 0 Å². The molecule has 0 aliphatic heterocycles. The topological polar surface area (TPSA) is 109 Å². The van der Waals surface area contributed by atoms with E-state index in [1.165, 1.54) is 37.1 Å². The van der Waals surface area contributed by atoms with Crippen LogP contribution in [0.1, 0.15) is 11.1 Å². The van der Waals surface area contributed by atoms with Crippen LogP contribution in [0.5, 0.6) is 0 Å². The first-order valence-electron chi connectivity index (χ1n) is 8.96.